The van der Waals surface area contributed by atoms with Crippen LogP contribution >= 0.6 is 0 Å². The molecule has 0 aromatic heterocycles. The van der Waals surface area contributed by atoms with Crippen LogP contribution in [0.5, 0.6) is 0 Å². The number of carbonyl (C=O) groups excluding carboxylic acids is 1. The van der Waals surface area contributed by atoms with Gasteiger partial charge in [0, 0.05) is 16.7 Å². The summed E-state index contributed by atoms with van der Waals surface area (Å²) in [6, 6.07) is 5.28. The van der Waals surface area contributed by atoms with Gasteiger partial charge in [0.2, 0.25) is 5.70 Å². The predicted molar refractivity (Wildman–Crippen MR) is 77.4 cm³/mol. The first-order valence-corrected chi connectivity index (χ1v) is 6.74. The zero-order valence-corrected chi connectivity index (χ0v) is 12.2. The molecule has 0 bridgehead atoms. The first-order chi connectivity index (χ1) is 10.2. The molecule has 1 aromatic carbocycles. The van der Waals surface area contributed by atoms with Crippen molar-refractivity contribution in [1.82, 2.24) is 0 Å². The van der Waals surface area contributed by atoms with Crippen molar-refractivity contribution in [3.05, 3.63) is 46.2 Å². The van der Waals surface area contributed by atoms with E-state index in [0.717, 1.165) is 13.0 Å². The third-order valence-corrected chi connectivity index (χ3v) is 3.89. The highest BCUT2D eigenvalue weighted by molar-refractivity contribution is 6.03. The van der Waals surface area contributed by atoms with Crippen molar-refractivity contribution in [1.29, 1.82) is 0 Å². The van der Waals surface area contributed by atoms with Gasteiger partial charge in [0.1, 0.15) is 5.76 Å². The highest BCUT2D eigenvalue weighted by atomic mass is 19.3. The second-order valence-electron chi connectivity index (χ2n) is 5.70. The number of nitrogens with zero attached hydrogens (tertiary/aromatic N) is 1. The van der Waals surface area contributed by atoms with Crippen molar-refractivity contribution in [2.75, 3.05) is 5.32 Å². The Kier molecular flexibility index (Phi) is 4.00. The Morgan fingerprint density at radius 1 is 1.41 bits per heavy atom. The molecule has 2 rings (SSSR count). The van der Waals surface area contributed by atoms with Gasteiger partial charge in [0.15, 0.2) is 0 Å². The molecule has 1 aliphatic carbocycles. The van der Waals surface area contributed by atoms with Crippen LogP contribution in [0, 0.1) is 10.3 Å². The van der Waals surface area contributed by atoms with Crippen LogP contribution in [0.3, 0.4) is 0 Å². The summed E-state index contributed by atoms with van der Waals surface area (Å²) >= 11 is 0. The summed E-state index contributed by atoms with van der Waals surface area (Å²) < 4.78 is 28.7. The molecule has 1 aromatic rings. The first kappa shape index (κ1) is 16.1. The van der Waals surface area contributed by atoms with Gasteiger partial charge in [0.05, 0.1) is 0 Å². The van der Waals surface area contributed by atoms with Gasteiger partial charge >= 0.3 is 0 Å². The third kappa shape index (κ3) is 2.84. The van der Waals surface area contributed by atoms with Gasteiger partial charge in [-0.05, 0) is 37.1 Å². The summed E-state index contributed by atoms with van der Waals surface area (Å²) in [5.41, 5.74) is -1.83. The minimum absolute atomic E-state index is 0.105. The summed E-state index contributed by atoms with van der Waals surface area (Å²) in [7, 11) is 0. The Bertz CT molecular complexity index is 648. The van der Waals surface area contributed by atoms with Crippen molar-refractivity contribution in [2.24, 2.45) is 10.6 Å². The van der Waals surface area contributed by atoms with Crippen LogP contribution in [0.15, 0.2) is 40.9 Å². The number of nitrogens with one attached hydrogen (secondary N) is 1. The maximum absolute atomic E-state index is 14.4. The molecular weight excluding hydrogens is 294 g/mol. The van der Waals surface area contributed by atoms with E-state index in [1.807, 2.05) is 0 Å². The van der Waals surface area contributed by atoms with Gasteiger partial charge < -0.3 is 10.4 Å². The monoisotopic (exact) mass is 310 g/mol. The molecular formula is C15H16F2N2O3. The van der Waals surface area contributed by atoms with Gasteiger partial charge in [-0.1, -0.05) is 19.1 Å². The third-order valence-electron chi connectivity index (χ3n) is 3.89. The number of halogens is 2. The number of aliphatic hydroxyl groups excluding tert-OH is 1. The lowest BCUT2D eigenvalue weighted by Gasteiger charge is -2.24. The molecule has 1 amide bonds. The number of rotatable bonds is 5. The Labute approximate surface area is 126 Å². The van der Waals surface area contributed by atoms with Crippen LogP contribution < -0.4 is 5.32 Å². The number of allylic oxidation sites excluding steroid dienone is 1. The molecule has 0 aliphatic heterocycles. The summed E-state index contributed by atoms with van der Waals surface area (Å²) in [6.07, 6.45) is 0.893. The van der Waals surface area contributed by atoms with E-state index in [9.17, 15) is 18.5 Å². The fourth-order valence-corrected chi connectivity index (χ4v) is 2.10. The average molecular weight is 310 g/mol. The average Bonchev–Trinajstić information content (AvgIpc) is 3.19. The van der Waals surface area contributed by atoms with Crippen LogP contribution in [0.25, 0.3) is 0 Å². The SMILES string of the molecule is C/C(O)=C(\N=O)C(=O)Nc1cccc(C(F)(F)C2(C)CC2)c1. The number of benzene rings is 1. The van der Waals surface area contributed by atoms with Gasteiger partial charge in [-0.15, -0.1) is 4.91 Å². The van der Waals surface area contributed by atoms with Crippen LogP contribution in [0.2, 0.25) is 0 Å². The molecule has 0 heterocycles. The Morgan fingerprint density at radius 3 is 2.55 bits per heavy atom. The molecule has 22 heavy (non-hydrogen) atoms. The number of amides is 1. The van der Waals surface area contributed by atoms with Gasteiger partial charge in [-0.25, -0.2) is 8.78 Å². The van der Waals surface area contributed by atoms with Crippen LogP contribution in [-0.2, 0) is 10.7 Å². The molecule has 0 atom stereocenters. The van der Waals surface area contributed by atoms with Gasteiger partial charge in [-0.2, -0.15) is 0 Å². The van der Waals surface area contributed by atoms with Crippen molar-refractivity contribution in [3.8, 4) is 0 Å². The van der Waals surface area contributed by atoms with E-state index in [1.54, 1.807) is 0 Å². The smallest absolute Gasteiger partial charge is 0.281 e. The molecule has 2 N–H and O–H groups in total. The lowest BCUT2D eigenvalue weighted by molar-refractivity contribution is -0.113. The van der Waals surface area contributed by atoms with E-state index >= 15 is 0 Å². The molecule has 0 radical (unpaired) electrons. The fraction of sp³-hybridized carbons (Fsp3) is 0.400. The lowest BCUT2D eigenvalue weighted by Crippen LogP contribution is -2.25. The normalized spacial score (nSPS) is 17.5. The van der Waals surface area contributed by atoms with Crippen molar-refractivity contribution < 1.29 is 18.7 Å². The van der Waals surface area contributed by atoms with Crippen LogP contribution in [0.1, 0.15) is 32.3 Å². The van der Waals surface area contributed by atoms with E-state index in [-0.39, 0.29) is 11.3 Å². The summed E-state index contributed by atoms with van der Waals surface area (Å²) in [5, 5.41) is 13.9. The molecule has 1 aliphatic rings. The summed E-state index contributed by atoms with van der Waals surface area (Å²) in [4.78, 5) is 22.2. The molecule has 5 nitrogen and oxygen atoms in total. The first-order valence-electron chi connectivity index (χ1n) is 6.74. The fourth-order valence-electron chi connectivity index (χ4n) is 2.10. The van der Waals surface area contributed by atoms with Crippen molar-refractivity contribution >= 4 is 11.6 Å². The summed E-state index contributed by atoms with van der Waals surface area (Å²) in [6.45, 7) is 2.65. The van der Waals surface area contributed by atoms with Gasteiger partial charge in [0.25, 0.3) is 11.8 Å². The minimum atomic E-state index is -3.00. The predicted octanol–water partition coefficient (Wildman–Crippen LogP) is 4.07. The summed E-state index contributed by atoms with van der Waals surface area (Å²) in [5.74, 6) is -4.49. The molecule has 1 fully saturated rings. The molecule has 0 saturated heterocycles. The maximum Gasteiger partial charge on any atom is 0.281 e. The van der Waals surface area contributed by atoms with E-state index < -0.39 is 28.7 Å². The number of hydrogen-bond donors (Lipinski definition) is 2. The topological polar surface area (TPSA) is 78.8 Å². The molecule has 118 valence electrons. The van der Waals surface area contributed by atoms with Crippen LogP contribution in [0.4, 0.5) is 14.5 Å². The number of aliphatic hydroxyl groups is 1. The number of anilines is 1. The largest absolute Gasteiger partial charge is 0.510 e. The molecule has 7 heteroatoms. The lowest BCUT2D eigenvalue weighted by atomic mass is 9.93. The zero-order chi connectivity index (χ0) is 16.5. The molecule has 0 unspecified atom stereocenters. The molecule has 0 spiro atoms. The van der Waals surface area contributed by atoms with Gasteiger partial charge in [-0.3, -0.25) is 4.79 Å². The quantitative estimate of drug-likeness (QED) is 0.489. The van der Waals surface area contributed by atoms with E-state index in [0.29, 0.717) is 12.8 Å². The second-order valence-corrected chi connectivity index (χ2v) is 5.70. The van der Waals surface area contributed by atoms with E-state index in [1.165, 1.54) is 25.1 Å². The number of hydrogen-bond acceptors (Lipinski definition) is 4. The van der Waals surface area contributed by atoms with Crippen molar-refractivity contribution in [2.45, 2.75) is 32.6 Å². The zero-order valence-electron chi connectivity index (χ0n) is 12.2. The Balaban J connectivity index is 2.25. The van der Waals surface area contributed by atoms with Crippen LogP contribution in [-0.4, -0.2) is 11.0 Å². The standard InChI is InChI=1S/C15H16F2N2O3/c1-9(20)12(19-22)13(21)18-11-5-3-4-10(8-11)15(16,17)14(2)6-7-14/h3-5,8,20H,6-7H2,1-2H3,(H,18,21)/b12-9+. The Morgan fingerprint density at radius 2 is 2.05 bits per heavy atom. The van der Waals surface area contributed by atoms with E-state index in [2.05, 4.69) is 10.5 Å². The molecule has 1 saturated carbocycles. The number of alkyl halides is 2. The Hall–Kier alpha value is -2.31. The highest BCUT2D eigenvalue weighted by Gasteiger charge is 2.59. The van der Waals surface area contributed by atoms with Crippen molar-refractivity contribution in [3.63, 3.8) is 0 Å². The maximum atomic E-state index is 14.4. The number of nitroso groups, excluding NO2 is 1. The highest BCUT2D eigenvalue weighted by Crippen LogP contribution is 2.61. The second kappa shape index (κ2) is 5.47. The minimum Gasteiger partial charge on any atom is -0.510 e. The number of carbonyl (C=O) groups is 1. The van der Waals surface area contributed by atoms with E-state index in [4.69, 9.17) is 5.11 Å².